The summed E-state index contributed by atoms with van der Waals surface area (Å²) in [5.41, 5.74) is 3.89. The molecule has 2 heterocycles. The number of benzene rings is 3. The first-order chi connectivity index (χ1) is 15.1. The fourth-order valence-corrected chi connectivity index (χ4v) is 6.49. The van der Waals surface area contributed by atoms with Gasteiger partial charge in [-0.05, 0) is 64.6 Å². The molecule has 0 N–H and O–H groups in total. The molecule has 1 amide bonds. The third-order valence-electron chi connectivity index (χ3n) is 6.25. The number of halogens is 1. The van der Waals surface area contributed by atoms with Crippen molar-refractivity contribution in [1.82, 2.24) is 4.90 Å². The summed E-state index contributed by atoms with van der Waals surface area (Å²) in [5.74, 6) is 0.568. The quantitative estimate of drug-likeness (QED) is 0.337. The highest BCUT2D eigenvalue weighted by Gasteiger charge is 2.34. The minimum absolute atomic E-state index is 0.0871. The molecule has 6 rings (SSSR count). The molecule has 4 aromatic rings. The van der Waals surface area contributed by atoms with Crippen molar-refractivity contribution in [3.8, 4) is 0 Å². The standard InChI is InChI=1S/C25H18BrNO3S/c26-17-7-9-21-16(12-17)13-20(25(29)30-21)23(28)27-10-11-31-24(27)19-8-6-15-5-4-14-2-1-3-18(19)22(14)15/h1-3,6-9,12-13,24H,4-5,10-11H2/t24-/m0/s1. The summed E-state index contributed by atoms with van der Waals surface area (Å²) in [6.07, 6.45) is 2.15. The predicted octanol–water partition coefficient (Wildman–Crippen LogP) is 5.70. The second-order valence-corrected chi connectivity index (χ2v) is 10.1. The van der Waals surface area contributed by atoms with E-state index in [4.69, 9.17) is 4.42 Å². The molecule has 3 aromatic carbocycles. The van der Waals surface area contributed by atoms with E-state index in [1.54, 1.807) is 23.9 Å². The van der Waals surface area contributed by atoms with Gasteiger partial charge < -0.3 is 9.32 Å². The molecular weight excluding hydrogens is 474 g/mol. The summed E-state index contributed by atoms with van der Waals surface area (Å²) < 4.78 is 6.32. The van der Waals surface area contributed by atoms with Crippen molar-refractivity contribution in [2.75, 3.05) is 12.3 Å². The van der Waals surface area contributed by atoms with Gasteiger partial charge >= 0.3 is 5.63 Å². The van der Waals surface area contributed by atoms with Crippen LogP contribution >= 0.6 is 27.7 Å². The van der Waals surface area contributed by atoms with Crippen molar-refractivity contribution in [2.24, 2.45) is 0 Å². The Morgan fingerprint density at radius 2 is 1.90 bits per heavy atom. The number of carbonyl (C=O) groups excluding carboxylic acids is 1. The zero-order valence-corrected chi connectivity index (χ0v) is 19.0. The third kappa shape index (κ3) is 3.04. The van der Waals surface area contributed by atoms with Crippen LogP contribution in [0.4, 0.5) is 0 Å². The molecule has 6 heteroatoms. The van der Waals surface area contributed by atoms with Crippen molar-refractivity contribution in [3.05, 3.63) is 91.7 Å². The van der Waals surface area contributed by atoms with Crippen LogP contribution in [-0.4, -0.2) is 23.1 Å². The van der Waals surface area contributed by atoms with Crippen molar-refractivity contribution in [2.45, 2.75) is 18.2 Å². The smallest absolute Gasteiger partial charge is 0.349 e. The van der Waals surface area contributed by atoms with Gasteiger partial charge in [-0.3, -0.25) is 4.79 Å². The molecular formula is C25H18BrNO3S. The highest BCUT2D eigenvalue weighted by Crippen LogP contribution is 2.44. The van der Waals surface area contributed by atoms with Gasteiger partial charge in [-0.2, -0.15) is 0 Å². The fraction of sp³-hybridized carbons (Fsp3) is 0.200. The fourth-order valence-electron chi connectivity index (χ4n) is 4.82. The lowest BCUT2D eigenvalue weighted by molar-refractivity contribution is 0.0757. The minimum atomic E-state index is -0.587. The molecule has 1 aliphatic heterocycles. The Morgan fingerprint density at radius 3 is 2.77 bits per heavy atom. The Labute approximate surface area is 191 Å². The highest BCUT2D eigenvalue weighted by atomic mass is 79.9. The molecule has 31 heavy (non-hydrogen) atoms. The van der Waals surface area contributed by atoms with Crippen LogP contribution in [0.2, 0.25) is 0 Å². The SMILES string of the molecule is O=C(c1cc2cc(Br)ccc2oc1=O)N1CCS[C@H]1c1ccc2c3c(cccc13)CC2. The molecule has 0 unspecified atom stereocenters. The number of fused-ring (bicyclic) bond motifs is 1. The Balaban J connectivity index is 1.44. The second kappa shape index (κ2) is 7.24. The van der Waals surface area contributed by atoms with E-state index in [0.29, 0.717) is 12.1 Å². The summed E-state index contributed by atoms with van der Waals surface area (Å²) in [5, 5.41) is 3.18. The lowest BCUT2D eigenvalue weighted by atomic mass is 9.99. The van der Waals surface area contributed by atoms with Crippen molar-refractivity contribution in [3.63, 3.8) is 0 Å². The van der Waals surface area contributed by atoms with Gasteiger partial charge in [0, 0.05) is 22.2 Å². The van der Waals surface area contributed by atoms with E-state index >= 15 is 0 Å². The van der Waals surface area contributed by atoms with Gasteiger partial charge in [-0.15, -0.1) is 11.8 Å². The normalized spacial score (nSPS) is 17.7. The molecule has 1 aliphatic carbocycles. The molecule has 154 valence electrons. The van der Waals surface area contributed by atoms with Crippen LogP contribution in [0, 0.1) is 0 Å². The summed E-state index contributed by atoms with van der Waals surface area (Å²) in [6, 6.07) is 17.9. The first-order valence-electron chi connectivity index (χ1n) is 10.3. The Hall–Kier alpha value is -2.57. The lowest BCUT2D eigenvalue weighted by Crippen LogP contribution is -2.33. The second-order valence-electron chi connectivity index (χ2n) is 8.00. The van der Waals surface area contributed by atoms with Crippen LogP contribution in [0.3, 0.4) is 0 Å². The van der Waals surface area contributed by atoms with E-state index in [1.807, 2.05) is 17.0 Å². The van der Waals surface area contributed by atoms with Crippen molar-refractivity contribution >= 4 is 55.3 Å². The molecule has 2 aliphatic rings. The summed E-state index contributed by atoms with van der Waals surface area (Å²) in [6.45, 7) is 0.604. The zero-order chi connectivity index (χ0) is 21.1. The largest absolute Gasteiger partial charge is 0.422 e. The van der Waals surface area contributed by atoms with Crippen molar-refractivity contribution in [1.29, 1.82) is 0 Å². The first kappa shape index (κ1) is 19.1. The maximum absolute atomic E-state index is 13.5. The van der Waals surface area contributed by atoms with Crippen LogP contribution in [-0.2, 0) is 12.8 Å². The number of thioether (sulfide) groups is 1. The molecule has 1 saturated heterocycles. The number of hydrogen-bond donors (Lipinski definition) is 0. The highest BCUT2D eigenvalue weighted by molar-refractivity contribution is 9.10. The predicted molar refractivity (Wildman–Crippen MR) is 128 cm³/mol. The number of aryl methyl sites for hydroxylation is 2. The van der Waals surface area contributed by atoms with Crippen LogP contribution in [0.25, 0.3) is 21.7 Å². The lowest BCUT2D eigenvalue weighted by Gasteiger charge is -2.25. The molecule has 1 fully saturated rings. The van der Waals surface area contributed by atoms with E-state index < -0.39 is 5.63 Å². The van der Waals surface area contributed by atoms with Crippen LogP contribution in [0.1, 0.15) is 32.4 Å². The first-order valence-corrected chi connectivity index (χ1v) is 12.1. The monoisotopic (exact) mass is 491 g/mol. The summed E-state index contributed by atoms with van der Waals surface area (Å²) in [4.78, 5) is 28.0. The van der Waals surface area contributed by atoms with E-state index in [1.165, 1.54) is 21.9 Å². The maximum atomic E-state index is 13.5. The summed E-state index contributed by atoms with van der Waals surface area (Å²) in [7, 11) is 0. The maximum Gasteiger partial charge on any atom is 0.349 e. The molecule has 0 radical (unpaired) electrons. The van der Waals surface area contributed by atoms with Gasteiger partial charge in [0.1, 0.15) is 16.5 Å². The van der Waals surface area contributed by atoms with Crippen LogP contribution in [0.5, 0.6) is 0 Å². The average Bonchev–Trinajstić information content (AvgIpc) is 3.42. The number of hydrogen-bond acceptors (Lipinski definition) is 4. The Morgan fingerprint density at radius 1 is 1.06 bits per heavy atom. The summed E-state index contributed by atoms with van der Waals surface area (Å²) >= 11 is 5.19. The number of rotatable bonds is 2. The zero-order valence-electron chi connectivity index (χ0n) is 16.6. The Bertz CT molecular complexity index is 1430. The Kier molecular flexibility index (Phi) is 4.47. The van der Waals surface area contributed by atoms with Gasteiger partial charge in [0.05, 0.1) is 0 Å². The number of amides is 1. The van der Waals surface area contributed by atoms with Gasteiger partial charge in [-0.1, -0.05) is 46.3 Å². The molecule has 0 spiro atoms. The minimum Gasteiger partial charge on any atom is -0.422 e. The van der Waals surface area contributed by atoms with Crippen molar-refractivity contribution < 1.29 is 9.21 Å². The third-order valence-corrected chi connectivity index (χ3v) is 7.99. The molecule has 4 nitrogen and oxygen atoms in total. The molecule has 1 aromatic heterocycles. The number of carbonyl (C=O) groups is 1. The van der Waals surface area contributed by atoms with E-state index in [2.05, 4.69) is 46.3 Å². The van der Waals surface area contributed by atoms with E-state index in [0.717, 1.165) is 34.0 Å². The van der Waals surface area contributed by atoms with Crippen LogP contribution in [0.15, 0.2) is 68.3 Å². The van der Waals surface area contributed by atoms with E-state index in [9.17, 15) is 9.59 Å². The van der Waals surface area contributed by atoms with Gasteiger partial charge in [0.25, 0.3) is 5.91 Å². The number of nitrogens with zero attached hydrogens (tertiary/aromatic N) is 1. The molecule has 1 atom stereocenters. The van der Waals surface area contributed by atoms with Gasteiger partial charge in [0.2, 0.25) is 0 Å². The van der Waals surface area contributed by atoms with E-state index in [-0.39, 0.29) is 16.8 Å². The molecule has 0 saturated carbocycles. The topological polar surface area (TPSA) is 50.5 Å². The van der Waals surface area contributed by atoms with Gasteiger partial charge in [-0.25, -0.2) is 4.79 Å². The molecule has 0 bridgehead atoms. The average molecular weight is 492 g/mol. The van der Waals surface area contributed by atoms with Gasteiger partial charge in [0.15, 0.2) is 0 Å². The van der Waals surface area contributed by atoms with Crippen LogP contribution < -0.4 is 5.63 Å².